The molecular weight excluding hydrogens is 288 g/mol. The van der Waals surface area contributed by atoms with Crippen molar-refractivity contribution in [1.82, 2.24) is 19.7 Å². The molecule has 1 fully saturated rings. The first-order valence-electron chi connectivity index (χ1n) is 6.95. The van der Waals surface area contributed by atoms with Gasteiger partial charge in [-0.1, -0.05) is 0 Å². The third-order valence-electron chi connectivity index (χ3n) is 3.57. The van der Waals surface area contributed by atoms with Crippen molar-refractivity contribution in [2.75, 3.05) is 36.8 Å². The minimum Gasteiger partial charge on any atom is -0.396 e. The van der Waals surface area contributed by atoms with Gasteiger partial charge in [-0.15, -0.1) is 11.3 Å². The van der Waals surface area contributed by atoms with Crippen LogP contribution in [0.5, 0.6) is 0 Å². The van der Waals surface area contributed by atoms with Crippen LogP contribution in [0.2, 0.25) is 0 Å². The van der Waals surface area contributed by atoms with Gasteiger partial charge in [0.15, 0.2) is 10.8 Å². The van der Waals surface area contributed by atoms with Crippen molar-refractivity contribution in [2.24, 2.45) is 0 Å². The Morgan fingerprint density at radius 1 is 1.38 bits per heavy atom. The monoisotopic (exact) mass is 306 g/mol. The van der Waals surface area contributed by atoms with Crippen LogP contribution < -0.4 is 10.6 Å². The number of thiazole rings is 1. The van der Waals surface area contributed by atoms with E-state index in [9.17, 15) is 4.79 Å². The van der Waals surface area contributed by atoms with E-state index >= 15 is 0 Å². The SMILES string of the molecule is CCn1cc(N)c(C(=O)N2CCN(c3nccs3)CC2)n1. The highest BCUT2D eigenvalue weighted by Gasteiger charge is 2.26. The van der Waals surface area contributed by atoms with Crippen LogP contribution in [0.15, 0.2) is 17.8 Å². The van der Waals surface area contributed by atoms with Crippen LogP contribution in [0.1, 0.15) is 17.4 Å². The minimum atomic E-state index is -0.0847. The number of hydrogen-bond donors (Lipinski definition) is 1. The zero-order chi connectivity index (χ0) is 14.8. The highest BCUT2D eigenvalue weighted by Crippen LogP contribution is 2.20. The average molecular weight is 306 g/mol. The largest absolute Gasteiger partial charge is 0.396 e. The van der Waals surface area contributed by atoms with Crippen molar-refractivity contribution in [3.63, 3.8) is 0 Å². The number of carbonyl (C=O) groups excluding carboxylic acids is 1. The minimum absolute atomic E-state index is 0.0847. The molecule has 0 atom stereocenters. The molecule has 0 saturated carbocycles. The Bertz CT molecular complexity index is 615. The molecule has 0 aromatic carbocycles. The van der Waals surface area contributed by atoms with Crippen LogP contribution in [-0.4, -0.2) is 51.8 Å². The van der Waals surface area contributed by atoms with Crippen LogP contribution in [0, 0.1) is 0 Å². The second-order valence-corrected chi connectivity index (χ2v) is 5.76. The van der Waals surface area contributed by atoms with Gasteiger partial charge in [-0.05, 0) is 6.92 Å². The van der Waals surface area contributed by atoms with E-state index in [0.29, 0.717) is 31.0 Å². The van der Waals surface area contributed by atoms with E-state index in [2.05, 4.69) is 15.0 Å². The van der Waals surface area contributed by atoms with Crippen LogP contribution in [0.25, 0.3) is 0 Å². The number of carbonyl (C=O) groups is 1. The smallest absolute Gasteiger partial charge is 0.276 e. The summed E-state index contributed by atoms with van der Waals surface area (Å²) in [6.07, 6.45) is 3.51. The molecule has 0 spiro atoms. The lowest BCUT2D eigenvalue weighted by Crippen LogP contribution is -2.49. The van der Waals surface area contributed by atoms with E-state index in [4.69, 9.17) is 5.73 Å². The molecule has 2 N–H and O–H groups in total. The van der Waals surface area contributed by atoms with E-state index in [0.717, 1.165) is 18.2 Å². The fraction of sp³-hybridized carbons (Fsp3) is 0.462. The normalized spacial score (nSPS) is 15.5. The molecule has 0 radical (unpaired) electrons. The number of piperazine rings is 1. The Balaban J connectivity index is 1.66. The van der Waals surface area contributed by atoms with Gasteiger partial charge in [0, 0.05) is 50.5 Å². The zero-order valence-electron chi connectivity index (χ0n) is 11.9. The van der Waals surface area contributed by atoms with Gasteiger partial charge in [0.25, 0.3) is 5.91 Å². The quantitative estimate of drug-likeness (QED) is 0.911. The maximum absolute atomic E-state index is 12.5. The Hall–Kier alpha value is -2.09. The predicted molar refractivity (Wildman–Crippen MR) is 82.5 cm³/mol. The molecule has 1 amide bonds. The third-order valence-corrected chi connectivity index (χ3v) is 4.41. The van der Waals surface area contributed by atoms with Crippen LogP contribution in [0.3, 0.4) is 0 Å². The molecule has 2 aromatic rings. The first-order chi connectivity index (χ1) is 10.2. The number of amides is 1. The summed E-state index contributed by atoms with van der Waals surface area (Å²) in [5.41, 5.74) is 6.69. The van der Waals surface area contributed by atoms with Crippen molar-refractivity contribution in [1.29, 1.82) is 0 Å². The number of anilines is 2. The van der Waals surface area contributed by atoms with Gasteiger partial charge in [-0.2, -0.15) is 5.10 Å². The standard InChI is InChI=1S/C13H18N6OS/c1-2-19-9-10(14)11(16-19)12(20)17-4-6-18(7-5-17)13-15-3-8-21-13/h3,8-9H,2,4-7,14H2,1H3. The maximum atomic E-state index is 12.5. The molecule has 0 aliphatic carbocycles. The average Bonchev–Trinajstić information content (AvgIpc) is 3.16. The molecule has 21 heavy (non-hydrogen) atoms. The second kappa shape index (κ2) is 5.72. The van der Waals surface area contributed by atoms with E-state index in [1.807, 2.05) is 17.2 Å². The fourth-order valence-electron chi connectivity index (χ4n) is 2.39. The summed E-state index contributed by atoms with van der Waals surface area (Å²) in [6, 6.07) is 0. The Labute approximate surface area is 127 Å². The lowest BCUT2D eigenvalue weighted by Gasteiger charge is -2.34. The Morgan fingerprint density at radius 2 is 2.14 bits per heavy atom. The predicted octanol–water partition coefficient (Wildman–Crippen LogP) is 0.904. The molecule has 3 heterocycles. The lowest BCUT2D eigenvalue weighted by molar-refractivity contribution is 0.0741. The lowest BCUT2D eigenvalue weighted by atomic mass is 10.2. The number of hydrogen-bond acceptors (Lipinski definition) is 6. The molecule has 7 nitrogen and oxygen atoms in total. The molecule has 2 aromatic heterocycles. The molecule has 112 valence electrons. The van der Waals surface area contributed by atoms with Crippen molar-refractivity contribution in [2.45, 2.75) is 13.5 Å². The van der Waals surface area contributed by atoms with Crippen molar-refractivity contribution in [3.8, 4) is 0 Å². The third kappa shape index (κ3) is 2.71. The van der Waals surface area contributed by atoms with Crippen LogP contribution in [0.4, 0.5) is 10.8 Å². The summed E-state index contributed by atoms with van der Waals surface area (Å²) >= 11 is 1.62. The summed E-state index contributed by atoms with van der Waals surface area (Å²) in [4.78, 5) is 20.8. The molecule has 1 saturated heterocycles. The van der Waals surface area contributed by atoms with Gasteiger partial charge in [0.2, 0.25) is 0 Å². The van der Waals surface area contributed by atoms with Crippen molar-refractivity contribution < 1.29 is 4.79 Å². The van der Waals surface area contributed by atoms with Gasteiger partial charge >= 0.3 is 0 Å². The van der Waals surface area contributed by atoms with Crippen molar-refractivity contribution >= 4 is 28.1 Å². The maximum Gasteiger partial charge on any atom is 0.276 e. The molecule has 1 aliphatic heterocycles. The van der Waals surface area contributed by atoms with Gasteiger partial charge in [-0.25, -0.2) is 4.98 Å². The second-order valence-electron chi connectivity index (χ2n) is 4.88. The van der Waals surface area contributed by atoms with Gasteiger partial charge in [-0.3, -0.25) is 9.48 Å². The van der Waals surface area contributed by atoms with Crippen LogP contribution >= 0.6 is 11.3 Å². The number of rotatable bonds is 3. The topological polar surface area (TPSA) is 80.3 Å². The number of nitrogens with zero attached hydrogens (tertiary/aromatic N) is 5. The Kier molecular flexibility index (Phi) is 3.78. The Morgan fingerprint density at radius 3 is 2.71 bits per heavy atom. The summed E-state index contributed by atoms with van der Waals surface area (Å²) < 4.78 is 1.69. The fourth-order valence-corrected chi connectivity index (χ4v) is 3.08. The highest BCUT2D eigenvalue weighted by molar-refractivity contribution is 7.13. The molecule has 1 aliphatic rings. The van der Waals surface area contributed by atoms with Gasteiger partial charge < -0.3 is 15.5 Å². The first kappa shape index (κ1) is 13.9. The molecule has 0 unspecified atom stereocenters. The summed E-state index contributed by atoms with van der Waals surface area (Å²) in [5.74, 6) is -0.0847. The van der Waals surface area contributed by atoms with E-state index < -0.39 is 0 Å². The number of nitrogen functional groups attached to an aromatic ring is 1. The number of aryl methyl sites for hydroxylation is 1. The van der Waals surface area contributed by atoms with E-state index in [-0.39, 0.29) is 5.91 Å². The van der Waals surface area contributed by atoms with E-state index in [1.165, 1.54) is 0 Å². The molecule has 8 heteroatoms. The summed E-state index contributed by atoms with van der Waals surface area (Å²) in [7, 11) is 0. The van der Waals surface area contributed by atoms with Crippen LogP contribution in [-0.2, 0) is 6.54 Å². The van der Waals surface area contributed by atoms with Gasteiger partial charge in [0.05, 0.1) is 5.69 Å². The number of aromatic nitrogens is 3. The summed E-state index contributed by atoms with van der Waals surface area (Å²) in [5, 5.41) is 7.22. The highest BCUT2D eigenvalue weighted by atomic mass is 32.1. The zero-order valence-corrected chi connectivity index (χ0v) is 12.7. The van der Waals surface area contributed by atoms with Crippen molar-refractivity contribution in [3.05, 3.63) is 23.5 Å². The molecule has 0 bridgehead atoms. The number of nitrogens with two attached hydrogens (primary N) is 1. The summed E-state index contributed by atoms with van der Waals surface area (Å²) in [6.45, 7) is 5.57. The van der Waals surface area contributed by atoms with Gasteiger partial charge in [0.1, 0.15) is 0 Å². The molecule has 3 rings (SSSR count). The molecular formula is C13H18N6OS. The first-order valence-corrected chi connectivity index (χ1v) is 7.83. The van der Waals surface area contributed by atoms with E-state index in [1.54, 1.807) is 28.4 Å².